The predicted molar refractivity (Wildman–Crippen MR) is 51.0 cm³/mol. The van der Waals surface area contributed by atoms with Crippen LogP contribution in [0.2, 0.25) is 0 Å². The molecule has 0 radical (unpaired) electrons. The van der Waals surface area contributed by atoms with Crippen LogP contribution in [0.25, 0.3) is 0 Å². The van der Waals surface area contributed by atoms with Gasteiger partial charge in [0.15, 0.2) is 0 Å². The SMILES string of the molecule is CC1CCN(C(=O)NCC(=O)O)CC1. The fourth-order valence-corrected chi connectivity index (χ4v) is 1.47. The summed E-state index contributed by atoms with van der Waals surface area (Å²) in [4.78, 5) is 23.2. The molecule has 5 heteroatoms. The number of urea groups is 1. The monoisotopic (exact) mass is 200 g/mol. The van der Waals surface area contributed by atoms with Crippen LogP contribution < -0.4 is 5.32 Å². The molecule has 1 heterocycles. The van der Waals surface area contributed by atoms with E-state index < -0.39 is 5.97 Å². The second-order valence-corrected chi connectivity index (χ2v) is 3.72. The molecule has 0 saturated carbocycles. The van der Waals surface area contributed by atoms with E-state index >= 15 is 0 Å². The molecule has 0 aromatic carbocycles. The lowest BCUT2D eigenvalue weighted by atomic mass is 10.00. The zero-order chi connectivity index (χ0) is 10.6. The van der Waals surface area contributed by atoms with Crippen molar-refractivity contribution < 1.29 is 14.7 Å². The number of nitrogens with one attached hydrogen (secondary N) is 1. The van der Waals surface area contributed by atoms with Crippen molar-refractivity contribution >= 4 is 12.0 Å². The highest BCUT2D eigenvalue weighted by atomic mass is 16.4. The Morgan fingerprint density at radius 3 is 2.50 bits per heavy atom. The topological polar surface area (TPSA) is 69.6 Å². The third-order valence-corrected chi connectivity index (χ3v) is 2.46. The molecule has 2 N–H and O–H groups in total. The number of hydrogen-bond acceptors (Lipinski definition) is 2. The highest BCUT2D eigenvalue weighted by molar-refractivity contribution is 5.79. The largest absolute Gasteiger partial charge is 0.480 e. The lowest BCUT2D eigenvalue weighted by molar-refractivity contribution is -0.135. The van der Waals surface area contributed by atoms with E-state index in [2.05, 4.69) is 12.2 Å². The number of aliphatic carboxylic acids is 1. The van der Waals surface area contributed by atoms with E-state index in [0.717, 1.165) is 25.9 Å². The molecule has 1 aliphatic heterocycles. The van der Waals surface area contributed by atoms with Crippen molar-refractivity contribution in [3.8, 4) is 0 Å². The van der Waals surface area contributed by atoms with E-state index in [1.165, 1.54) is 0 Å². The van der Waals surface area contributed by atoms with Crippen molar-refractivity contribution in [2.45, 2.75) is 19.8 Å². The predicted octanol–water partition coefficient (Wildman–Crippen LogP) is 0.512. The number of carbonyl (C=O) groups excluding carboxylic acids is 1. The summed E-state index contributed by atoms with van der Waals surface area (Å²) in [6, 6.07) is -0.265. The summed E-state index contributed by atoms with van der Waals surface area (Å²) in [5.41, 5.74) is 0. The summed E-state index contributed by atoms with van der Waals surface area (Å²) in [5, 5.41) is 10.7. The standard InChI is InChI=1S/C9H16N2O3/c1-7-2-4-11(5-3-7)9(14)10-6-8(12)13/h7H,2-6H2,1H3,(H,10,14)(H,12,13). The average Bonchev–Trinajstić information content (AvgIpc) is 2.15. The third-order valence-electron chi connectivity index (χ3n) is 2.46. The Hall–Kier alpha value is -1.26. The van der Waals surface area contributed by atoms with Gasteiger partial charge in [-0.25, -0.2) is 4.79 Å². The molecular formula is C9H16N2O3. The number of likely N-dealkylation sites (tertiary alicyclic amines) is 1. The van der Waals surface area contributed by atoms with E-state index in [9.17, 15) is 9.59 Å². The maximum absolute atomic E-state index is 11.4. The fraction of sp³-hybridized carbons (Fsp3) is 0.778. The summed E-state index contributed by atoms with van der Waals surface area (Å²) >= 11 is 0. The molecule has 0 bridgehead atoms. The van der Waals surface area contributed by atoms with Gasteiger partial charge in [0.25, 0.3) is 0 Å². The summed E-state index contributed by atoms with van der Waals surface area (Å²) in [7, 11) is 0. The summed E-state index contributed by atoms with van der Waals surface area (Å²) in [5.74, 6) is -0.345. The van der Waals surface area contributed by atoms with Gasteiger partial charge in [0, 0.05) is 13.1 Å². The average molecular weight is 200 g/mol. The molecule has 1 saturated heterocycles. The van der Waals surface area contributed by atoms with Gasteiger partial charge in [-0.15, -0.1) is 0 Å². The minimum absolute atomic E-state index is 0.265. The lowest BCUT2D eigenvalue weighted by Gasteiger charge is -2.30. The van der Waals surface area contributed by atoms with Gasteiger partial charge in [0.05, 0.1) is 0 Å². The minimum Gasteiger partial charge on any atom is -0.480 e. The number of rotatable bonds is 2. The molecule has 2 amide bonds. The molecule has 0 atom stereocenters. The van der Waals surface area contributed by atoms with E-state index in [1.807, 2.05) is 0 Å². The molecule has 5 nitrogen and oxygen atoms in total. The van der Waals surface area contributed by atoms with Crippen LogP contribution in [0.5, 0.6) is 0 Å². The van der Waals surface area contributed by atoms with Crippen molar-refractivity contribution in [3.05, 3.63) is 0 Å². The van der Waals surface area contributed by atoms with Crippen LogP contribution in [0, 0.1) is 5.92 Å². The molecule has 80 valence electrons. The Bertz CT molecular complexity index is 222. The Morgan fingerprint density at radius 1 is 1.43 bits per heavy atom. The smallest absolute Gasteiger partial charge is 0.323 e. The van der Waals surface area contributed by atoms with Crippen LogP contribution in [0.3, 0.4) is 0 Å². The molecular weight excluding hydrogens is 184 g/mol. The third kappa shape index (κ3) is 3.24. The Balaban J connectivity index is 2.27. The van der Waals surface area contributed by atoms with Gasteiger partial charge in [-0.1, -0.05) is 6.92 Å². The first kappa shape index (κ1) is 10.8. The molecule has 0 unspecified atom stereocenters. The fourth-order valence-electron chi connectivity index (χ4n) is 1.47. The van der Waals surface area contributed by atoms with Gasteiger partial charge in [0.1, 0.15) is 6.54 Å². The van der Waals surface area contributed by atoms with Crippen LogP contribution in [-0.2, 0) is 4.79 Å². The van der Waals surface area contributed by atoms with Crippen molar-refractivity contribution in [2.24, 2.45) is 5.92 Å². The van der Waals surface area contributed by atoms with Crippen molar-refractivity contribution in [1.29, 1.82) is 0 Å². The first-order valence-electron chi connectivity index (χ1n) is 4.84. The summed E-state index contributed by atoms with van der Waals surface area (Å²) in [6.45, 7) is 3.32. The normalized spacial score (nSPS) is 17.9. The van der Waals surface area contributed by atoms with Gasteiger partial charge >= 0.3 is 12.0 Å². The second kappa shape index (κ2) is 4.83. The Morgan fingerprint density at radius 2 is 2.00 bits per heavy atom. The quantitative estimate of drug-likeness (QED) is 0.682. The number of hydrogen-bond donors (Lipinski definition) is 2. The van der Waals surface area contributed by atoms with Gasteiger partial charge in [0.2, 0.25) is 0 Å². The van der Waals surface area contributed by atoms with Crippen molar-refractivity contribution in [2.75, 3.05) is 19.6 Å². The van der Waals surface area contributed by atoms with E-state index in [1.54, 1.807) is 4.90 Å². The molecule has 0 aliphatic carbocycles. The highest BCUT2D eigenvalue weighted by Gasteiger charge is 2.20. The lowest BCUT2D eigenvalue weighted by Crippen LogP contribution is -2.45. The number of carboxylic acid groups (broad SMARTS) is 1. The minimum atomic E-state index is -1.01. The first-order chi connectivity index (χ1) is 6.59. The van der Waals surface area contributed by atoms with Crippen LogP contribution in [0.4, 0.5) is 4.79 Å². The maximum Gasteiger partial charge on any atom is 0.323 e. The van der Waals surface area contributed by atoms with Crippen molar-refractivity contribution in [3.63, 3.8) is 0 Å². The Labute approximate surface area is 83.1 Å². The number of piperidine rings is 1. The molecule has 1 rings (SSSR count). The number of carbonyl (C=O) groups is 2. The zero-order valence-corrected chi connectivity index (χ0v) is 8.32. The number of nitrogens with zero attached hydrogens (tertiary/aromatic N) is 1. The van der Waals surface area contributed by atoms with Crippen molar-refractivity contribution in [1.82, 2.24) is 10.2 Å². The van der Waals surface area contributed by atoms with Crippen LogP contribution in [0.1, 0.15) is 19.8 Å². The highest BCUT2D eigenvalue weighted by Crippen LogP contribution is 2.15. The molecule has 0 spiro atoms. The maximum atomic E-state index is 11.4. The molecule has 14 heavy (non-hydrogen) atoms. The zero-order valence-electron chi connectivity index (χ0n) is 8.32. The molecule has 1 aliphatic rings. The Kier molecular flexibility index (Phi) is 3.73. The van der Waals surface area contributed by atoms with Crippen LogP contribution >= 0.6 is 0 Å². The summed E-state index contributed by atoms with van der Waals surface area (Å²) < 4.78 is 0. The first-order valence-corrected chi connectivity index (χ1v) is 4.84. The number of carboxylic acids is 1. The molecule has 1 fully saturated rings. The van der Waals surface area contributed by atoms with E-state index in [4.69, 9.17) is 5.11 Å². The van der Waals surface area contributed by atoms with E-state index in [-0.39, 0.29) is 12.6 Å². The number of amides is 2. The van der Waals surface area contributed by atoms with Gasteiger partial charge in [-0.05, 0) is 18.8 Å². The van der Waals surface area contributed by atoms with Gasteiger partial charge in [-0.3, -0.25) is 4.79 Å². The van der Waals surface area contributed by atoms with Crippen LogP contribution in [0.15, 0.2) is 0 Å². The van der Waals surface area contributed by atoms with E-state index in [0.29, 0.717) is 5.92 Å². The van der Waals surface area contributed by atoms with Gasteiger partial charge < -0.3 is 15.3 Å². The summed E-state index contributed by atoms with van der Waals surface area (Å²) in [6.07, 6.45) is 2.00. The van der Waals surface area contributed by atoms with Crippen LogP contribution in [-0.4, -0.2) is 41.6 Å². The molecule has 0 aromatic rings. The second-order valence-electron chi connectivity index (χ2n) is 3.72. The molecule has 0 aromatic heterocycles. The van der Waals surface area contributed by atoms with Gasteiger partial charge in [-0.2, -0.15) is 0 Å².